The third kappa shape index (κ3) is 4.80. The molecule has 1 N–H and O–H groups in total. The van der Waals surface area contributed by atoms with E-state index in [9.17, 15) is 0 Å². The van der Waals surface area contributed by atoms with Crippen LogP contribution in [-0.4, -0.2) is 37.2 Å². The second-order valence-electron chi connectivity index (χ2n) is 5.82. The number of hydrogen-bond donors (Lipinski definition) is 1. The van der Waals surface area contributed by atoms with Crippen molar-refractivity contribution in [3.05, 3.63) is 29.8 Å². The minimum absolute atomic E-state index is 0.303. The van der Waals surface area contributed by atoms with Crippen LogP contribution < -0.4 is 10.1 Å². The van der Waals surface area contributed by atoms with Gasteiger partial charge in [-0.05, 0) is 47.7 Å². The Hall–Kier alpha value is -1.06. The van der Waals surface area contributed by atoms with E-state index in [1.165, 1.54) is 5.56 Å². The highest BCUT2D eigenvalue weighted by molar-refractivity contribution is 5.35. The number of hydrogen-bond acceptors (Lipinski definition) is 3. The van der Waals surface area contributed by atoms with Gasteiger partial charge >= 0.3 is 0 Å². The van der Waals surface area contributed by atoms with Crippen molar-refractivity contribution < 1.29 is 4.74 Å². The zero-order valence-corrected chi connectivity index (χ0v) is 13.8. The Balaban J connectivity index is 2.62. The molecule has 0 fully saturated rings. The molecule has 0 amide bonds. The van der Waals surface area contributed by atoms with Crippen LogP contribution in [0.25, 0.3) is 0 Å². The smallest absolute Gasteiger partial charge is 0.124 e. The fourth-order valence-electron chi connectivity index (χ4n) is 2.50. The number of benzene rings is 1. The summed E-state index contributed by atoms with van der Waals surface area (Å²) >= 11 is 0. The van der Waals surface area contributed by atoms with E-state index < -0.39 is 0 Å². The molecule has 0 aliphatic rings. The van der Waals surface area contributed by atoms with Crippen molar-refractivity contribution in [2.45, 2.75) is 52.7 Å². The first-order valence-electron chi connectivity index (χ1n) is 7.62. The number of rotatable bonds is 8. The van der Waals surface area contributed by atoms with Gasteiger partial charge in [0.25, 0.3) is 0 Å². The van der Waals surface area contributed by atoms with Gasteiger partial charge < -0.3 is 10.1 Å². The molecule has 0 aliphatic carbocycles. The maximum Gasteiger partial charge on any atom is 0.124 e. The van der Waals surface area contributed by atoms with E-state index in [1.807, 2.05) is 13.1 Å². The van der Waals surface area contributed by atoms with E-state index in [-0.39, 0.29) is 0 Å². The van der Waals surface area contributed by atoms with E-state index in [4.69, 9.17) is 4.74 Å². The molecule has 1 aromatic rings. The second-order valence-corrected chi connectivity index (χ2v) is 5.82. The molecule has 114 valence electrons. The Bertz CT molecular complexity index is 382. The molecule has 1 atom stereocenters. The van der Waals surface area contributed by atoms with Crippen LogP contribution in [-0.2, 0) is 0 Å². The van der Waals surface area contributed by atoms with Crippen molar-refractivity contribution in [2.75, 3.05) is 20.2 Å². The van der Waals surface area contributed by atoms with Crippen LogP contribution in [0, 0.1) is 0 Å². The lowest BCUT2D eigenvalue weighted by Gasteiger charge is -2.30. The molecule has 1 rings (SSSR count). The molecule has 0 aromatic heterocycles. The number of nitrogens with zero attached hydrogens (tertiary/aromatic N) is 1. The molecule has 3 heteroatoms. The van der Waals surface area contributed by atoms with E-state index in [0.717, 1.165) is 18.9 Å². The summed E-state index contributed by atoms with van der Waals surface area (Å²) in [5.41, 5.74) is 1.22. The monoisotopic (exact) mass is 278 g/mol. The van der Waals surface area contributed by atoms with Crippen LogP contribution in [0.1, 0.15) is 46.2 Å². The third-order valence-corrected chi connectivity index (χ3v) is 3.75. The third-order valence-electron chi connectivity index (χ3n) is 3.75. The molecule has 1 aromatic carbocycles. The normalized spacial score (nSPS) is 13.2. The summed E-state index contributed by atoms with van der Waals surface area (Å²) in [6.07, 6.45) is 0. The first-order chi connectivity index (χ1) is 9.47. The molecule has 0 spiro atoms. The Labute approximate surface area is 124 Å². The molecular weight excluding hydrogens is 248 g/mol. The summed E-state index contributed by atoms with van der Waals surface area (Å²) in [4.78, 5) is 2.45. The largest absolute Gasteiger partial charge is 0.492 e. The molecule has 20 heavy (non-hydrogen) atoms. The second kappa shape index (κ2) is 8.28. The molecule has 0 saturated carbocycles. The van der Waals surface area contributed by atoms with Gasteiger partial charge in [0, 0.05) is 30.2 Å². The molecule has 0 aliphatic heterocycles. The van der Waals surface area contributed by atoms with Crippen LogP contribution in [0.5, 0.6) is 5.75 Å². The van der Waals surface area contributed by atoms with E-state index in [0.29, 0.717) is 18.1 Å². The van der Waals surface area contributed by atoms with Gasteiger partial charge in [0.05, 0.1) is 0 Å². The van der Waals surface area contributed by atoms with Crippen molar-refractivity contribution in [3.8, 4) is 5.75 Å². The first-order valence-corrected chi connectivity index (χ1v) is 7.62. The summed E-state index contributed by atoms with van der Waals surface area (Å²) in [6.45, 7) is 12.8. The van der Waals surface area contributed by atoms with E-state index in [2.05, 4.69) is 63.0 Å². The van der Waals surface area contributed by atoms with Crippen LogP contribution in [0.2, 0.25) is 0 Å². The standard InChI is InChI=1S/C17H30N2O/c1-13(2)19(14(3)4)11-12-20-17-10-8-7-9-16(17)15(5)18-6/h7-10,13-15,18H,11-12H2,1-6H3. The molecule has 0 heterocycles. The highest BCUT2D eigenvalue weighted by Crippen LogP contribution is 2.24. The lowest BCUT2D eigenvalue weighted by molar-refractivity contribution is 0.141. The molecule has 0 bridgehead atoms. The zero-order chi connectivity index (χ0) is 15.1. The molecular formula is C17H30N2O. The maximum absolute atomic E-state index is 6.01. The highest BCUT2D eigenvalue weighted by atomic mass is 16.5. The summed E-state index contributed by atoms with van der Waals surface area (Å²) < 4.78 is 6.01. The number of nitrogens with one attached hydrogen (secondary N) is 1. The van der Waals surface area contributed by atoms with Gasteiger partial charge in [0.1, 0.15) is 12.4 Å². The fraction of sp³-hybridized carbons (Fsp3) is 0.647. The van der Waals surface area contributed by atoms with Crippen molar-refractivity contribution in [1.29, 1.82) is 0 Å². The predicted molar refractivity (Wildman–Crippen MR) is 86.4 cm³/mol. The lowest BCUT2D eigenvalue weighted by atomic mass is 10.1. The average Bonchev–Trinajstić information content (AvgIpc) is 2.42. The molecule has 0 saturated heterocycles. The van der Waals surface area contributed by atoms with Crippen LogP contribution in [0.4, 0.5) is 0 Å². The Morgan fingerprint density at radius 3 is 2.20 bits per heavy atom. The van der Waals surface area contributed by atoms with E-state index in [1.54, 1.807) is 0 Å². The average molecular weight is 278 g/mol. The fourth-order valence-corrected chi connectivity index (χ4v) is 2.50. The zero-order valence-electron chi connectivity index (χ0n) is 13.8. The summed E-state index contributed by atoms with van der Waals surface area (Å²) in [5.74, 6) is 0.988. The first kappa shape index (κ1) is 17.0. The van der Waals surface area contributed by atoms with Gasteiger partial charge in [0.2, 0.25) is 0 Å². The molecule has 3 nitrogen and oxygen atoms in total. The Morgan fingerprint density at radius 2 is 1.65 bits per heavy atom. The SMILES string of the molecule is CNC(C)c1ccccc1OCCN(C(C)C)C(C)C. The topological polar surface area (TPSA) is 24.5 Å². The highest BCUT2D eigenvalue weighted by Gasteiger charge is 2.14. The maximum atomic E-state index is 6.01. The van der Waals surface area contributed by atoms with Gasteiger partial charge in [-0.25, -0.2) is 0 Å². The number of para-hydroxylation sites is 1. The minimum Gasteiger partial charge on any atom is -0.492 e. The minimum atomic E-state index is 0.303. The Kier molecular flexibility index (Phi) is 7.03. The van der Waals surface area contributed by atoms with Crippen molar-refractivity contribution in [1.82, 2.24) is 10.2 Å². The van der Waals surface area contributed by atoms with Crippen LogP contribution in [0.15, 0.2) is 24.3 Å². The quantitative estimate of drug-likeness (QED) is 0.788. The van der Waals surface area contributed by atoms with Gasteiger partial charge in [0.15, 0.2) is 0 Å². The van der Waals surface area contributed by atoms with Crippen molar-refractivity contribution in [3.63, 3.8) is 0 Å². The van der Waals surface area contributed by atoms with Gasteiger partial charge in [-0.1, -0.05) is 18.2 Å². The summed E-state index contributed by atoms with van der Waals surface area (Å²) in [5, 5.41) is 3.27. The van der Waals surface area contributed by atoms with Gasteiger partial charge in [-0.15, -0.1) is 0 Å². The summed E-state index contributed by atoms with van der Waals surface area (Å²) in [6, 6.07) is 9.67. The van der Waals surface area contributed by atoms with Gasteiger partial charge in [-0.3, -0.25) is 4.90 Å². The van der Waals surface area contributed by atoms with Crippen LogP contribution in [0.3, 0.4) is 0 Å². The Morgan fingerprint density at radius 1 is 1.05 bits per heavy atom. The number of ether oxygens (including phenoxy) is 1. The van der Waals surface area contributed by atoms with Gasteiger partial charge in [-0.2, -0.15) is 0 Å². The molecule has 0 radical (unpaired) electrons. The van der Waals surface area contributed by atoms with Crippen molar-refractivity contribution in [2.24, 2.45) is 0 Å². The molecule has 1 unspecified atom stereocenters. The lowest BCUT2D eigenvalue weighted by Crippen LogP contribution is -2.39. The van der Waals surface area contributed by atoms with Crippen molar-refractivity contribution >= 4 is 0 Å². The predicted octanol–water partition coefficient (Wildman–Crippen LogP) is 3.46. The van der Waals surface area contributed by atoms with E-state index >= 15 is 0 Å². The van der Waals surface area contributed by atoms with Crippen LogP contribution >= 0.6 is 0 Å². The summed E-state index contributed by atoms with van der Waals surface area (Å²) in [7, 11) is 1.97.